The van der Waals surface area contributed by atoms with Crippen LogP contribution in [0.1, 0.15) is 19.8 Å². The Kier molecular flexibility index (Phi) is 7.94. The number of amides is 2. The molecule has 0 aromatic rings. The first-order valence-electron chi connectivity index (χ1n) is 9.06. The van der Waals surface area contributed by atoms with Gasteiger partial charge in [0.15, 0.2) is 0 Å². The van der Waals surface area contributed by atoms with Crippen molar-refractivity contribution in [2.24, 2.45) is 5.92 Å². The average Bonchev–Trinajstić information content (AvgIpc) is 2.57. The molecule has 0 aromatic heterocycles. The molecule has 2 amide bonds. The molecule has 2 fully saturated rings. The lowest BCUT2D eigenvalue weighted by Crippen LogP contribution is -2.52. The van der Waals surface area contributed by atoms with E-state index in [9.17, 15) is 9.59 Å². The molecule has 1 atom stereocenters. The Morgan fingerprint density at radius 1 is 1.08 bits per heavy atom. The molecule has 0 aliphatic carbocycles. The van der Waals surface area contributed by atoms with Crippen molar-refractivity contribution in [1.29, 1.82) is 0 Å². The van der Waals surface area contributed by atoms with E-state index in [2.05, 4.69) is 22.0 Å². The monoisotopic (exact) mass is 340 g/mol. The molecule has 2 aliphatic heterocycles. The van der Waals surface area contributed by atoms with Crippen molar-refractivity contribution >= 4 is 11.8 Å². The molecule has 2 heterocycles. The molecule has 0 bridgehead atoms. The molecule has 0 spiro atoms. The fraction of sp³-hybridized carbons (Fsp3) is 0.882. The van der Waals surface area contributed by atoms with Crippen LogP contribution < -0.4 is 5.32 Å². The van der Waals surface area contributed by atoms with Crippen LogP contribution in [-0.4, -0.2) is 99.1 Å². The number of likely N-dealkylation sites (tertiary alicyclic amines) is 1. The zero-order valence-electron chi connectivity index (χ0n) is 15.1. The summed E-state index contributed by atoms with van der Waals surface area (Å²) in [6.07, 6.45) is 2.35. The lowest BCUT2D eigenvalue weighted by atomic mass is 10.0. The number of carbonyl (C=O) groups is 2. The van der Waals surface area contributed by atoms with E-state index < -0.39 is 0 Å². The van der Waals surface area contributed by atoms with Crippen molar-refractivity contribution < 1.29 is 14.3 Å². The molecule has 7 nitrogen and oxygen atoms in total. The average molecular weight is 340 g/mol. The molecule has 24 heavy (non-hydrogen) atoms. The highest BCUT2D eigenvalue weighted by Crippen LogP contribution is 2.15. The summed E-state index contributed by atoms with van der Waals surface area (Å²) in [4.78, 5) is 30.6. The Hall–Kier alpha value is -1.18. The van der Waals surface area contributed by atoms with Gasteiger partial charge in [-0.2, -0.15) is 0 Å². The van der Waals surface area contributed by atoms with Crippen molar-refractivity contribution in [3.8, 4) is 0 Å². The number of rotatable bonds is 7. The second-order valence-electron chi connectivity index (χ2n) is 6.98. The first kappa shape index (κ1) is 19.1. The first-order chi connectivity index (χ1) is 11.6. The van der Waals surface area contributed by atoms with E-state index in [1.54, 1.807) is 7.11 Å². The minimum absolute atomic E-state index is 0.0406. The third-order valence-corrected chi connectivity index (χ3v) is 4.83. The predicted octanol–water partition coefficient (Wildman–Crippen LogP) is -0.375. The van der Waals surface area contributed by atoms with E-state index >= 15 is 0 Å². The highest BCUT2D eigenvalue weighted by Gasteiger charge is 2.25. The normalized spacial score (nSPS) is 23.2. The van der Waals surface area contributed by atoms with Gasteiger partial charge in [-0.25, -0.2) is 0 Å². The third-order valence-electron chi connectivity index (χ3n) is 4.83. The number of nitrogens with zero attached hydrogens (tertiary/aromatic N) is 3. The Morgan fingerprint density at radius 3 is 2.38 bits per heavy atom. The molecule has 0 radical (unpaired) electrons. The van der Waals surface area contributed by atoms with Crippen LogP contribution in [0.4, 0.5) is 0 Å². The minimum Gasteiger partial charge on any atom is -0.383 e. The molecule has 2 saturated heterocycles. The maximum absolute atomic E-state index is 12.4. The van der Waals surface area contributed by atoms with E-state index in [4.69, 9.17) is 4.74 Å². The Balaban J connectivity index is 1.63. The van der Waals surface area contributed by atoms with Gasteiger partial charge in [-0.3, -0.25) is 19.4 Å². The summed E-state index contributed by atoms with van der Waals surface area (Å²) in [6.45, 7) is 9.43. The fourth-order valence-electron chi connectivity index (χ4n) is 3.36. The van der Waals surface area contributed by atoms with Crippen LogP contribution in [0, 0.1) is 5.92 Å². The number of nitrogens with one attached hydrogen (secondary N) is 1. The number of hydrogen-bond acceptors (Lipinski definition) is 5. The molecule has 0 saturated carbocycles. The first-order valence-corrected chi connectivity index (χ1v) is 9.06. The molecule has 2 rings (SSSR count). The number of hydrogen-bond donors (Lipinski definition) is 1. The van der Waals surface area contributed by atoms with Gasteiger partial charge in [-0.05, 0) is 18.8 Å². The van der Waals surface area contributed by atoms with Crippen LogP contribution in [-0.2, 0) is 14.3 Å². The zero-order chi connectivity index (χ0) is 17.4. The quantitative estimate of drug-likeness (QED) is 0.641. The van der Waals surface area contributed by atoms with Gasteiger partial charge in [0.1, 0.15) is 0 Å². The fourth-order valence-corrected chi connectivity index (χ4v) is 3.36. The second-order valence-corrected chi connectivity index (χ2v) is 6.98. The highest BCUT2D eigenvalue weighted by atomic mass is 16.5. The van der Waals surface area contributed by atoms with Gasteiger partial charge < -0.3 is 15.0 Å². The van der Waals surface area contributed by atoms with Crippen LogP contribution >= 0.6 is 0 Å². The largest absolute Gasteiger partial charge is 0.383 e. The SMILES string of the molecule is COCCNC(=O)CN1CCN(CC(=O)N2CCCC(C)C2)CC1. The standard InChI is InChI=1S/C17H32N4O3/c1-15-4-3-6-21(12-15)17(23)14-20-9-7-19(8-10-20)13-16(22)18-5-11-24-2/h15H,3-14H2,1-2H3,(H,18,22). The predicted molar refractivity (Wildman–Crippen MR) is 92.7 cm³/mol. The molecule has 138 valence electrons. The zero-order valence-corrected chi connectivity index (χ0v) is 15.1. The number of methoxy groups -OCH3 is 1. The lowest BCUT2D eigenvalue weighted by molar-refractivity contribution is -0.135. The molecular weight excluding hydrogens is 308 g/mol. The van der Waals surface area contributed by atoms with Gasteiger partial charge >= 0.3 is 0 Å². The van der Waals surface area contributed by atoms with Crippen LogP contribution in [0.2, 0.25) is 0 Å². The Bertz CT molecular complexity index is 411. The maximum atomic E-state index is 12.4. The summed E-state index contributed by atoms with van der Waals surface area (Å²) in [5.41, 5.74) is 0. The molecule has 0 aromatic carbocycles. The summed E-state index contributed by atoms with van der Waals surface area (Å²) in [7, 11) is 1.62. The van der Waals surface area contributed by atoms with Gasteiger partial charge in [0.05, 0.1) is 19.7 Å². The number of piperidine rings is 1. The van der Waals surface area contributed by atoms with E-state index in [0.29, 0.717) is 32.2 Å². The Morgan fingerprint density at radius 2 is 1.75 bits per heavy atom. The van der Waals surface area contributed by atoms with Crippen LogP contribution in [0.25, 0.3) is 0 Å². The minimum atomic E-state index is 0.0406. The summed E-state index contributed by atoms with van der Waals surface area (Å²) < 4.78 is 4.92. The summed E-state index contributed by atoms with van der Waals surface area (Å²) in [5.74, 6) is 0.919. The van der Waals surface area contributed by atoms with Crippen LogP contribution in [0.5, 0.6) is 0 Å². The van der Waals surface area contributed by atoms with Crippen molar-refractivity contribution in [2.75, 3.05) is 72.6 Å². The van der Waals surface area contributed by atoms with E-state index in [0.717, 1.165) is 45.7 Å². The summed E-state index contributed by atoms with van der Waals surface area (Å²) >= 11 is 0. The topological polar surface area (TPSA) is 65.1 Å². The number of piperazine rings is 1. The van der Waals surface area contributed by atoms with Crippen molar-refractivity contribution in [3.63, 3.8) is 0 Å². The molecule has 1 unspecified atom stereocenters. The van der Waals surface area contributed by atoms with E-state index in [-0.39, 0.29) is 11.8 Å². The molecule has 1 N–H and O–H groups in total. The van der Waals surface area contributed by atoms with Crippen molar-refractivity contribution in [3.05, 3.63) is 0 Å². The second kappa shape index (κ2) is 9.96. The van der Waals surface area contributed by atoms with E-state index in [1.807, 2.05) is 4.90 Å². The molecule has 2 aliphatic rings. The summed E-state index contributed by atoms with van der Waals surface area (Å²) in [6, 6.07) is 0. The van der Waals surface area contributed by atoms with E-state index in [1.165, 1.54) is 6.42 Å². The summed E-state index contributed by atoms with van der Waals surface area (Å²) in [5, 5.41) is 2.84. The third kappa shape index (κ3) is 6.37. The van der Waals surface area contributed by atoms with Crippen LogP contribution in [0.15, 0.2) is 0 Å². The number of ether oxygens (including phenoxy) is 1. The molecular formula is C17H32N4O3. The smallest absolute Gasteiger partial charge is 0.236 e. The van der Waals surface area contributed by atoms with Gasteiger partial charge in [0.25, 0.3) is 0 Å². The Labute approximate surface area is 145 Å². The van der Waals surface area contributed by atoms with Crippen molar-refractivity contribution in [2.45, 2.75) is 19.8 Å². The van der Waals surface area contributed by atoms with Gasteiger partial charge in [-0.15, -0.1) is 0 Å². The molecule has 7 heteroatoms. The number of carbonyl (C=O) groups excluding carboxylic acids is 2. The lowest BCUT2D eigenvalue weighted by Gasteiger charge is -2.36. The van der Waals surface area contributed by atoms with Crippen molar-refractivity contribution in [1.82, 2.24) is 20.0 Å². The van der Waals surface area contributed by atoms with Gasteiger partial charge in [0, 0.05) is 52.9 Å². The van der Waals surface area contributed by atoms with Crippen LogP contribution in [0.3, 0.4) is 0 Å². The maximum Gasteiger partial charge on any atom is 0.236 e. The van der Waals surface area contributed by atoms with Gasteiger partial charge in [-0.1, -0.05) is 6.92 Å². The van der Waals surface area contributed by atoms with Gasteiger partial charge in [0.2, 0.25) is 11.8 Å². The highest BCUT2D eigenvalue weighted by molar-refractivity contribution is 5.78.